The fourth-order valence-electron chi connectivity index (χ4n) is 5.39. The topological polar surface area (TPSA) is 47.6 Å². The summed E-state index contributed by atoms with van der Waals surface area (Å²) >= 11 is 0. The van der Waals surface area contributed by atoms with E-state index in [0.29, 0.717) is 13.2 Å². The summed E-state index contributed by atoms with van der Waals surface area (Å²) in [5.74, 6) is -0.335. The second-order valence-corrected chi connectivity index (χ2v) is 16.8. The van der Waals surface area contributed by atoms with Gasteiger partial charge in [0.1, 0.15) is 29.0 Å². The zero-order valence-corrected chi connectivity index (χ0v) is 26.3. The summed E-state index contributed by atoms with van der Waals surface area (Å²) in [5.41, 5.74) is -0.245. The third-order valence-electron chi connectivity index (χ3n) is 7.10. The van der Waals surface area contributed by atoms with Crippen molar-refractivity contribution in [2.45, 2.75) is 66.1 Å². The van der Waals surface area contributed by atoms with Crippen molar-refractivity contribution in [3.05, 3.63) is 91.0 Å². The van der Waals surface area contributed by atoms with Gasteiger partial charge in [0.25, 0.3) is 0 Å². The Morgan fingerprint density at radius 2 is 1.10 bits per heavy atom. The predicted molar refractivity (Wildman–Crippen MR) is 171 cm³/mol. The molecule has 0 radical (unpaired) electrons. The first-order valence-corrected chi connectivity index (χ1v) is 18.0. The van der Waals surface area contributed by atoms with Crippen LogP contribution < -0.4 is 21.2 Å². The number of hydrogen-bond acceptors (Lipinski definition) is 4. The van der Waals surface area contributed by atoms with Crippen molar-refractivity contribution in [3.63, 3.8) is 0 Å². The smallest absolute Gasteiger partial charge is 0.308 e. The second-order valence-electron chi connectivity index (χ2n) is 11.1. The first kappa shape index (κ1) is 31.7. The highest BCUT2D eigenvalue weighted by Crippen LogP contribution is 2.57. The molecule has 1 N–H and O–H groups in total. The van der Waals surface area contributed by atoms with Crippen LogP contribution in [0.2, 0.25) is 0 Å². The number of hydrogen-bond donors (Lipinski definition) is 1. The molecule has 0 aliphatic rings. The average molecular weight is 569 g/mol. The molecule has 4 nitrogen and oxygen atoms in total. The Hall–Kier alpha value is -1.80. The summed E-state index contributed by atoms with van der Waals surface area (Å²) in [6.07, 6.45) is 5.61. The minimum absolute atomic E-state index is 0.245. The molecule has 0 aliphatic heterocycles. The van der Waals surface area contributed by atoms with Gasteiger partial charge in [0.2, 0.25) is 0 Å². The van der Waals surface area contributed by atoms with Crippen LogP contribution in [0, 0.1) is 5.41 Å². The quantitative estimate of drug-likeness (QED) is 0.142. The van der Waals surface area contributed by atoms with Crippen LogP contribution in [0.4, 0.5) is 0 Å². The second kappa shape index (κ2) is 15.3. The van der Waals surface area contributed by atoms with Crippen LogP contribution in [0.15, 0.2) is 91.0 Å². The molecule has 1 unspecified atom stereocenters. The van der Waals surface area contributed by atoms with Crippen molar-refractivity contribution < 1.29 is 13.6 Å². The summed E-state index contributed by atoms with van der Waals surface area (Å²) in [7, 11) is -5.01. The van der Waals surface area contributed by atoms with E-state index < -0.39 is 14.9 Å². The minimum Gasteiger partial charge on any atom is -0.308 e. The lowest BCUT2D eigenvalue weighted by Gasteiger charge is -2.36. The Morgan fingerprint density at radius 1 is 0.692 bits per heavy atom. The molecule has 212 valence electrons. The number of rotatable bonds is 16. The van der Waals surface area contributed by atoms with Crippen LogP contribution in [-0.2, 0) is 13.6 Å². The van der Waals surface area contributed by atoms with Crippen molar-refractivity contribution in [2.75, 3.05) is 25.9 Å². The molecule has 3 aromatic carbocycles. The standard InChI is InChI=1S/C33H48NO3P2/c1-6-36-39(35,37-7-2)32(33(3,4)5)34-27-19-8-9-20-28-38(29-21-13-10-14-22-29,30-23-15-11-16-24-30)31-25-17-12-18-26-31/h10-18,21-26,32,34H,6-9,19-20,27-28H2,1-5H3/q+1. The van der Waals surface area contributed by atoms with Crippen molar-refractivity contribution in [2.24, 2.45) is 5.41 Å². The van der Waals surface area contributed by atoms with E-state index in [2.05, 4.69) is 117 Å². The summed E-state index contributed by atoms with van der Waals surface area (Å²) in [6, 6.07) is 33.3. The molecule has 3 aromatic rings. The van der Waals surface area contributed by atoms with Crippen molar-refractivity contribution >= 4 is 30.8 Å². The van der Waals surface area contributed by atoms with Gasteiger partial charge in [-0.2, -0.15) is 0 Å². The first-order valence-electron chi connectivity index (χ1n) is 14.4. The Morgan fingerprint density at radius 3 is 1.49 bits per heavy atom. The molecular formula is C33H48NO3P2+. The first-order chi connectivity index (χ1) is 18.8. The molecule has 6 heteroatoms. The minimum atomic E-state index is -3.24. The zero-order chi connectivity index (χ0) is 28.2. The summed E-state index contributed by atoms with van der Waals surface area (Å²) < 4.78 is 24.9. The van der Waals surface area contributed by atoms with Gasteiger partial charge in [-0.05, 0) is 81.5 Å². The molecule has 0 fully saturated rings. The largest absolute Gasteiger partial charge is 0.347 e. The third kappa shape index (κ3) is 8.35. The Balaban J connectivity index is 1.69. The molecule has 0 aliphatic carbocycles. The Kier molecular flexibility index (Phi) is 12.4. The average Bonchev–Trinajstić information content (AvgIpc) is 2.93. The SMILES string of the molecule is CCOP(=O)(OCC)C(NCCCCCC[P+](c1ccccc1)(c1ccccc1)c1ccccc1)C(C)(C)C. The lowest BCUT2D eigenvalue weighted by atomic mass is 9.96. The van der Waals surface area contributed by atoms with Gasteiger partial charge in [0.15, 0.2) is 0 Å². The van der Waals surface area contributed by atoms with E-state index >= 15 is 0 Å². The molecule has 0 saturated carbocycles. The lowest BCUT2D eigenvalue weighted by Crippen LogP contribution is -2.41. The van der Waals surface area contributed by atoms with Crippen molar-refractivity contribution in [1.29, 1.82) is 0 Å². The molecule has 0 saturated heterocycles. The predicted octanol–water partition coefficient (Wildman–Crippen LogP) is 7.77. The molecule has 0 bridgehead atoms. The molecule has 39 heavy (non-hydrogen) atoms. The van der Waals surface area contributed by atoms with Crippen LogP contribution in [0.3, 0.4) is 0 Å². The molecular weight excluding hydrogens is 520 g/mol. The van der Waals surface area contributed by atoms with Crippen LogP contribution in [0.1, 0.15) is 60.3 Å². The van der Waals surface area contributed by atoms with E-state index in [1.165, 1.54) is 15.9 Å². The third-order valence-corrected chi connectivity index (χ3v) is 14.5. The molecule has 0 amide bonds. The maximum absolute atomic E-state index is 13.5. The molecule has 0 spiro atoms. The Labute approximate surface area is 237 Å². The number of nitrogens with one attached hydrogen (secondary N) is 1. The van der Waals surface area contributed by atoms with Gasteiger partial charge in [-0.15, -0.1) is 0 Å². The van der Waals surface area contributed by atoms with Gasteiger partial charge in [-0.1, -0.05) is 81.8 Å². The van der Waals surface area contributed by atoms with Crippen LogP contribution in [0.25, 0.3) is 0 Å². The maximum Gasteiger partial charge on any atom is 0.347 e. The zero-order valence-electron chi connectivity index (χ0n) is 24.5. The van der Waals surface area contributed by atoms with Crippen LogP contribution in [0.5, 0.6) is 0 Å². The maximum atomic E-state index is 13.5. The van der Waals surface area contributed by atoms with Gasteiger partial charge < -0.3 is 14.4 Å². The molecule has 1 atom stereocenters. The molecule has 3 rings (SSSR count). The highest BCUT2D eigenvalue weighted by molar-refractivity contribution is 7.95. The van der Waals surface area contributed by atoms with Crippen LogP contribution >= 0.6 is 14.9 Å². The summed E-state index contributed by atoms with van der Waals surface area (Å²) in [5, 5.41) is 7.88. The Bertz CT molecular complexity index is 1030. The van der Waals surface area contributed by atoms with Gasteiger partial charge >= 0.3 is 7.60 Å². The number of benzene rings is 3. The number of unbranched alkanes of at least 4 members (excludes halogenated alkanes) is 3. The van der Waals surface area contributed by atoms with E-state index in [9.17, 15) is 4.57 Å². The van der Waals surface area contributed by atoms with E-state index in [1.807, 2.05) is 13.8 Å². The normalized spacial score (nSPS) is 13.4. The lowest BCUT2D eigenvalue weighted by molar-refractivity contribution is 0.182. The highest BCUT2D eigenvalue weighted by atomic mass is 31.2. The van der Waals surface area contributed by atoms with Gasteiger partial charge in [-0.25, -0.2) is 0 Å². The van der Waals surface area contributed by atoms with Gasteiger partial charge in [0, 0.05) is 0 Å². The molecule has 0 aromatic heterocycles. The summed E-state index contributed by atoms with van der Waals surface area (Å²) in [6.45, 7) is 11.6. The fraction of sp³-hybridized carbons (Fsp3) is 0.455. The fourth-order valence-corrected chi connectivity index (χ4v) is 12.2. The monoisotopic (exact) mass is 568 g/mol. The van der Waals surface area contributed by atoms with Crippen molar-refractivity contribution in [1.82, 2.24) is 5.32 Å². The van der Waals surface area contributed by atoms with E-state index in [4.69, 9.17) is 9.05 Å². The van der Waals surface area contributed by atoms with E-state index in [-0.39, 0.29) is 11.2 Å². The summed E-state index contributed by atoms with van der Waals surface area (Å²) in [4.78, 5) is 0. The van der Waals surface area contributed by atoms with E-state index in [0.717, 1.165) is 38.4 Å². The van der Waals surface area contributed by atoms with E-state index in [1.54, 1.807) is 0 Å². The van der Waals surface area contributed by atoms with Gasteiger partial charge in [-0.3, -0.25) is 4.57 Å². The van der Waals surface area contributed by atoms with Crippen molar-refractivity contribution in [3.8, 4) is 0 Å². The van der Waals surface area contributed by atoms with Crippen LogP contribution in [-0.4, -0.2) is 31.7 Å². The van der Waals surface area contributed by atoms with Gasteiger partial charge in [0.05, 0.1) is 19.4 Å². The highest BCUT2D eigenvalue weighted by Gasteiger charge is 2.45. The molecule has 0 heterocycles.